The number of aromatic amines is 1. The van der Waals surface area contributed by atoms with Gasteiger partial charge in [-0.3, -0.25) is 9.59 Å². The van der Waals surface area contributed by atoms with Gasteiger partial charge in [-0.25, -0.2) is 9.50 Å². The summed E-state index contributed by atoms with van der Waals surface area (Å²) in [6.07, 6.45) is 10.8. The maximum Gasteiger partial charge on any atom is 0.255 e. The van der Waals surface area contributed by atoms with E-state index >= 15 is 0 Å². The monoisotopic (exact) mass is 514 g/mol. The molecule has 2 aliphatic rings. The number of fused-ring (bicyclic) bond motifs is 2. The van der Waals surface area contributed by atoms with Gasteiger partial charge < -0.3 is 25.4 Å². The van der Waals surface area contributed by atoms with Gasteiger partial charge in [0.15, 0.2) is 0 Å². The van der Waals surface area contributed by atoms with Crippen molar-refractivity contribution in [1.82, 2.24) is 34.7 Å². The number of H-pyrrole nitrogens is 1. The molecule has 10 heteroatoms. The highest BCUT2D eigenvalue weighted by molar-refractivity contribution is 6.03. The van der Waals surface area contributed by atoms with Crippen molar-refractivity contribution in [1.29, 1.82) is 0 Å². The van der Waals surface area contributed by atoms with Crippen molar-refractivity contribution in [2.24, 2.45) is 5.92 Å². The molecule has 0 aromatic carbocycles. The number of nitrogens with zero attached hydrogens (tertiary/aromatic N) is 5. The Morgan fingerprint density at radius 1 is 1.00 bits per heavy atom. The Labute approximate surface area is 221 Å². The average Bonchev–Trinajstić information content (AvgIpc) is 3.54. The number of amides is 2. The molecular weight excluding hydrogens is 480 g/mol. The molecule has 0 atom stereocenters. The molecule has 0 spiro atoms. The van der Waals surface area contributed by atoms with Crippen molar-refractivity contribution in [3.05, 3.63) is 48.5 Å². The lowest BCUT2D eigenvalue weighted by atomic mass is 9.96. The van der Waals surface area contributed by atoms with E-state index in [1.807, 2.05) is 30.6 Å². The van der Waals surface area contributed by atoms with E-state index in [0.29, 0.717) is 11.3 Å². The van der Waals surface area contributed by atoms with Gasteiger partial charge in [-0.15, -0.1) is 0 Å². The average molecular weight is 515 g/mol. The highest BCUT2D eigenvalue weighted by Crippen LogP contribution is 2.31. The van der Waals surface area contributed by atoms with Crippen molar-refractivity contribution in [2.75, 3.05) is 45.6 Å². The predicted molar refractivity (Wildman–Crippen MR) is 147 cm³/mol. The first kappa shape index (κ1) is 24.6. The summed E-state index contributed by atoms with van der Waals surface area (Å²) in [5.74, 6) is -0.0144. The minimum atomic E-state index is -0.0915. The van der Waals surface area contributed by atoms with Crippen LogP contribution in [0.2, 0.25) is 0 Å². The summed E-state index contributed by atoms with van der Waals surface area (Å²) in [5.41, 5.74) is 4.64. The van der Waals surface area contributed by atoms with E-state index < -0.39 is 0 Å². The zero-order valence-electron chi connectivity index (χ0n) is 21.9. The van der Waals surface area contributed by atoms with Crippen LogP contribution in [0.4, 0.5) is 5.69 Å². The van der Waals surface area contributed by atoms with E-state index in [0.717, 1.165) is 79.5 Å². The van der Waals surface area contributed by atoms with Crippen LogP contribution in [0.3, 0.4) is 0 Å². The molecular formula is C28H34N8O2. The largest absolute Gasteiger partial charge is 0.349 e. The van der Waals surface area contributed by atoms with Crippen LogP contribution in [-0.2, 0) is 4.79 Å². The second-order valence-electron chi connectivity index (χ2n) is 10.7. The van der Waals surface area contributed by atoms with E-state index in [1.165, 1.54) is 0 Å². The number of hydrogen-bond donors (Lipinski definition) is 3. The Hall–Kier alpha value is -3.76. The zero-order valence-corrected chi connectivity index (χ0v) is 21.9. The number of nitrogens with one attached hydrogen (secondary N) is 3. The Morgan fingerprint density at radius 3 is 2.50 bits per heavy atom. The summed E-state index contributed by atoms with van der Waals surface area (Å²) in [6, 6.07) is 6.11. The Balaban J connectivity index is 1.24. The van der Waals surface area contributed by atoms with Crippen LogP contribution in [0, 0.1) is 5.92 Å². The van der Waals surface area contributed by atoms with E-state index in [-0.39, 0.29) is 23.8 Å². The van der Waals surface area contributed by atoms with Crippen LogP contribution in [-0.4, -0.2) is 87.5 Å². The lowest BCUT2D eigenvalue weighted by Crippen LogP contribution is -2.43. The van der Waals surface area contributed by atoms with Gasteiger partial charge in [-0.2, -0.15) is 5.10 Å². The number of rotatable bonds is 5. The van der Waals surface area contributed by atoms with Crippen LogP contribution in [0.1, 0.15) is 36.0 Å². The van der Waals surface area contributed by atoms with Gasteiger partial charge in [0, 0.05) is 35.3 Å². The second-order valence-corrected chi connectivity index (χ2v) is 10.7. The molecule has 4 aromatic heterocycles. The van der Waals surface area contributed by atoms with E-state index in [1.54, 1.807) is 16.9 Å². The van der Waals surface area contributed by atoms with Gasteiger partial charge in [0.05, 0.1) is 29.2 Å². The molecule has 0 bridgehead atoms. The minimum Gasteiger partial charge on any atom is -0.349 e. The fraction of sp³-hybridized carbons (Fsp3) is 0.429. The van der Waals surface area contributed by atoms with Crippen LogP contribution in [0.15, 0.2) is 43.0 Å². The van der Waals surface area contributed by atoms with Crippen LogP contribution in [0.5, 0.6) is 0 Å². The number of carbonyl (C=O) groups excluding carboxylic acids is 2. The fourth-order valence-corrected chi connectivity index (χ4v) is 5.56. The highest BCUT2D eigenvalue weighted by atomic mass is 16.2. The summed E-state index contributed by atoms with van der Waals surface area (Å²) >= 11 is 0. The second kappa shape index (κ2) is 10.2. The Bertz CT molecular complexity index is 1470. The summed E-state index contributed by atoms with van der Waals surface area (Å²) in [6.45, 7) is 3.84. The molecule has 6 heterocycles. The quantitative estimate of drug-likeness (QED) is 0.378. The SMILES string of the molecule is CN1CCC(NC(=O)c2cnn3ccc(-c4c[nH]c5ncc(NC(=O)C6CCN(C)CC6)cc45)cc23)CC1. The van der Waals surface area contributed by atoms with Crippen molar-refractivity contribution in [3.8, 4) is 11.1 Å². The number of pyridine rings is 2. The van der Waals surface area contributed by atoms with Crippen molar-refractivity contribution in [3.63, 3.8) is 0 Å². The van der Waals surface area contributed by atoms with Crippen LogP contribution >= 0.6 is 0 Å². The third kappa shape index (κ3) is 4.89. The normalized spacial score (nSPS) is 18.3. The smallest absolute Gasteiger partial charge is 0.255 e. The highest BCUT2D eigenvalue weighted by Gasteiger charge is 2.24. The maximum absolute atomic E-state index is 13.1. The molecule has 3 N–H and O–H groups in total. The topological polar surface area (TPSA) is 111 Å². The maximum atomic E-state index is 13.1. The van der Waals surface area contributed by atoms with Crippen molar-refractivity contribution < 1.29 is 9.59 Å². The van der Waals surface area contributed by atoms with Crippen molar-refractivity contribution >= 4 is 34.1 Å². The first-order valence-electron chi connectivity index (χ1n) is 13.4. The lowest BCUT2D eigenvalue weighted by Gasteiger charge is -2.29. The van der Waals surface area contributed by atoms with E-state index in [2.05, 4.69) is 49.6 Å². The minimum absolute atomic E-state index is 0.0240. The molecule has 10 nitrogen and oxygen atoms in total. The number of anilines is 1. The Morgan fingerprint density at radius 2 is 1.74 bits per heavy atom. The number of likely N-dealkylation sites (tertiary alicyclic amines) is 2. The molecule has 2 amide bonds. The van der Waals surface area contributed by atoms with Gasteiger partial charge in [-0.1, -0.05) is 0 Å². The molecule has 198 valence electrons. The number of carbonyl (C=O) groups is 2. The molecule has 2 aliphatic heterocycles. The van der Waals surface area contributed by atoms with Gasteiger partial charge in [0.25, 0.3) is 5.91 Å². The molecule has 38 heavy (non-hydrogen) atoms. The number of hydrogen-bond acceptors (Lipinski definition) is 6. The van der Waals surface area contributed by atoms with Gasteiger partial charge in [0.1, 0.15) is 5.65 Å². The Kier molecular flexibility index (Phi) is 6.59. The van der Waals surface area contributed by atoms with E-state index in [4.69, 9.17) is 0 Å². The number of piperidine rings is 2. The molecule has 0 aliphatic carbocycles. The summed E-state index contributed by atoms with van der Waals surface area (Å²) in [7, 11) is 4.20. The first-order chi connectivity index (χ1) is 18.4. The fourth-order valence-electron chi connectivity index (χ4n) is 5.56. The van der Waals surface area contributed by atoms with Crippen LogP contribution < -0.4 is 10.6 Å². The molecule has 2 saturated heterocycles. The van der Waals surface area contributed by atoms with Gasteiger partial charge >= 0.3 is 0 Å². The first-order valence-corrected chi connectivity index (χ1v) is 13.4. The van der Waals surface area contributed by atoms with Crippen LogP contribution in [0.25, 0.3) is 27.7 Å². The molecule has 2 fully saturated rings. The molecule has 6 rings (SSSR count). The predicted octanol–water partition coefficient (Wildman–Crippen LogP) is 2.98. The van der Waals surface area contributed by atoms with Crippen molar-refractivity contribution in [2.45, 2.75) is 31.7 Å². The standard InChI is InChI=1S/C28H34N8O2/c1-34-8-3-18(4-9-34)27(37)33-21-14-22-23(16-30-26(22)29-15-21)19-5-12-36-25(13-19)24(17-31-36)28(38)32-20-6-10-35(2)11-7-20/h5,12-18,20H,3-4,6-11H2,1-2H3,(H,29,30)(H,32,38)(H,33,37). The molecule has 0 unspecified atom stereocenters. The third-order valence-electron chi connectivity index (χ3n) is 8.02. The lowest BCUT2D eigenvalue weighted by molar-refractivity contribution is -0.121. The van der Waals surface area contributed by atoms with Gasteiger partial charge in [0.2, 0.25) is 5.91 Å². The summed E-state index contributed by atoms with van der Waals surface area (Å²) in [4.78, 5) is 38.3. The molecule has 0 radical (unpaired) electrons. The third-order valence-corrected chi connectivity index (χ3v) is 8.02. The van der Waals surface area contributed by atoms with Gasteiger partial charge in [-0.05, 0) is 89.7 Å². The summed E-state index contributed by atoms with van der Waals surface area (Å²) < 4.78 is 1.73. The number of aromatic nitrogens is 4. The zero-order chi connectivity index (χ0) is 26.2. The molecule has 0 saturated carbocycles. The van der Waals surface area contributed by atoms with E-state index in [9.17, 15) is 9.59 Å². The molecule has 4 aromatic rings. The summed E-state index contributed by atoms with van der Waals surface area (Å²) in [5, 5.41) is 11.6.